The predicted octanol–water partition coefficient (Wildman–Crippen LogP) is 6.01. The van der Waals surface area contributed by atoms with Crippen molar-refractivity contribution < 1.29 is 4.74 Å². The summed E-state index contributed by atoms with van der Waals surface area (Å²) in [5.74, 6) is 1.69. The lowest BCUT2D eigenvalue weighted by Gasteiger charge is -2.35. The molecule has 0 bridgehead atoms. The van der Waals surface area contributed by atoms with Crippen molar-refractivity contribution in [3.8, 4) is 11.8 Å². The molecule has 126 valence electrons. The van der Waals surface area contributed by atoms with Crippen LogP contribution in [-0.4, -0.2) is 7.11 Å². The maximum Gasteiger partial charge on any atom is 0.118 e. The van der Waals surface area contributed by atoms with E-state index >= 15 is 0 Å². The lowest BCUT2D eigenvalue weighted by atomic mass is 9.67. The zero-order valence-electron chi connectivity index (χ0n) is 14.8. The maximum atomic E-state index is 9.80. The molecule has 0 radical (unpaired) electrons. The molecule has 0 spiro atoms. The molecular formula is C21H31NO. The van der Waals surface area contributed by atoms with Gasteiger partial charge in [0, 0.05) is 0 Å². The molecule has 1 aromatic rings. The first-order valence-electron chi connectivity index (χ1n) is 9.30. The van der Waals surface area contributed by atoms with E-state index in [-0.39, 0.29) is 5.41 Å². The van der Waals surface area contributed by atoms with Gasteiger partial charge in [-0.05, 0) is 49.3 Å². The number of methoxy groups -OCH3 is 1. The van der Waals surface area contributed by atoms with Crippen molar-refractivity contribution >= 4 is 0 Å². The van der Waals surface area contributed by atoms with Gasteiger partial charge >= 0.3 is 0 Å². The Kier molecular flexibility index (Phi) is 6.96. The lowest BCUT2D eigenvalue weighted by Crippen LogP contribution is -2.30. The molecule has 0 N–H and O–H groups in total. The van der Waals surface area contributed by atoms with Crippen LogP contribution in [0, 0.1) is 17.2 Å². The van der Waals surface area contributed by atoms with Gasteiger partial charge in [-0.25, -0.2) is 0 Å². The molecule has 0 unspecified atom stereocenters. The van der Waals surface area contributed by atoms with Crippen molar-refractivity contribution in [1.29, 1.82) is 5.26 Å². The van der Waals surface area contributed by atoms with E-state index in [4.69, 9.17) is 4.74 Å². The molecule has 2 nitrogen and oxygen atoms in total. The van der Waals surface area contributed by atoms with E-state index in [0.717, 1.165) is 24.5 Å². The van der Waals surface area contributed by atoms with Crippen molar-refractivity contribution in [3.63, 3.8) is 0 Å². The molecule has 23 heavy (non-hydrogen) atoms. The molecule has 0 aliphatic heterocycles. The van der Waals surface area contributed by atoms with Crippen LogP contribution >= 0.6 is 0 Å². The Morgan fingerprint density at radius 2 is 1.74 bits per heavy atom. The van der Waals surface area contributed by atoms with Gasteiger partial charge in [-0.15, -0.1) is 0 Å². The normalized spacial score (nSPS) is 24.1. The first-order valence-corrected chi connectivity index (χ1v) is 9.30. The van der Waals surface area contributed by atoms with Gasteiger partial charge in [0.15, 0.2) is 0 Å². The first kappa shape index (κ1) is 17.9. The van der Waals surface area contributed by atoms with Gasteiger partial charge in [-0.2, -0.15) is 5.26 Å². The monoisotopic (exact) mass is 313 g/mol. The quantitative estimate of drug-likeness (QED) is 0.551. The largest absolute Gasteiger partial charge is 0.497 e. The smallest absolute Gasteiger partial charge is 0.118 e. The summed E-state index contributed by atoms with van der Waals surface area (Å²) in [4.78, 5) is 0. The Hall–Kier alpha value is -1.49. The van der Waals surface area contributed by atoms with Crippen LogP contribution < -0.4 is 4.74 Å². The Bertz CT molecular complexity index is 492. The van der Waals surface area contributed by atoms with Gasteiger partial charge in [-0.1, -0.05) is 57.6 Å². The number of nitrogens with zero attached hydrogens (tertiary/aromatic N) is 1. The molecule has 1 aromatic carbocycles. The summed E-state index contributed by atoms with van der Waals surface area (Å²) in [6, 6.07) is 10.7. The molecule has 2 rings (SSSR count). The maximum absolute atomic E-state index is 9.80. The lowest BCUT2D eigenvalue weighted by molar-refractivity contribution is 0.261. The number of ether oxygens (including phenoxy) is 1. The number of unbranched alkanes of at least 4 members (excludes halogenated alkanes) is 4. The minimum absolute atomic E-state index is 0.273. The Labute approximate surface area is 141 Å². The predicted molar refractivity (Wildman–Crippen MR) is 95.6 cm³/mol. The molecule has 0 aromatic heterocycles. The van der Waals surface area contributed by atoms with Crippen LogP contribution in [0.3, 0.4) is 0 Å². The van der Waals surface area contributed by atoms with E-state index in [1.165, 1.54) is 56.9 Å². The van der Waals surface area contributed by atoms with Gasteiger partial charge in [0.05, 0.1) is 18.6 Å². The third-order valence-electron chi connectivity index (χ3n) is 5.53. The fourth-order valence-corrected chi connectivity index (χ4v) is 3.87. The number of nitriles is 1. The highest BCUT2D eigenvalue weighted by molar-refractivity contribution is 5.37. The molecule has 0 atom stereocenters. The SMILES string of the molecule is CCCCCCC[C@H]1CC[C@@](C#N)(c2ccc(OC)cc2)CC1. The van der Waals surface area contributed by atoms with Crippen molar-refractivity contribution in [2.24, 2.45) is 5.92 Å². The summed E-state index contributed by atoms with van der Waals surface area (Å²) in [6.07, 6.45) is 12.6. The fraction of sp³-hybridized carbons (Fsp3) is 0.667. The van der Waals surface area contributed by atoms with Crippen LogP contribution in [0.25, 0.3) is 0 Å². The van der Waals surface area contributed by atoms with E-state index in [1.807, 2.05) is 12.1 Å². The van der Waals surface area contributed by atoms with E-state index in [2.05, 4.69) is 25.1 Å². The average Bonchev–Trinajstić information content (AvgIpc) is 2.62. The van der Waals surface area contributed by atoms with E-state index in [9.17, 15) is 5.26 Å². The zero-order chi connectivity index (χ0) is 16.5. The third kappa shape index (κ3) is 4.74. The minimum Gasteiger partial charge on any atom is -0.497 e. The molecule has 0 amide bonds. The molecule has 1 aliphatic rings. The van der Waals surface area contributed by atoms with Crippen molar-refractivity contribution in [2.75, 3.05) is 7.11 Å². The summed E-state index contributed by atoms with van der Waals surface area (Å²) in [5, 5.41) is 9.80. The van der Waals surface area contributed by atoms with E-state index in [1.54, 1.807) is 7.11 Å². The zero-order valence-corrected chi connectivity index (χ0v) is 14.8. The second kappa shape index (κ2) is 8.96. The number of rotatable bonds is 8. The molecular weight excluding hydrogens is 282 g/mol. The number of hydrogen-bond acceptors (Lipinski definition) is 2. The molecule has 1 saturated carbocycles. The highest BCUT2D eigenvalue weighted by Gasteiger charge is 2.36. The topological polar surface area (TPSA) is 33.0 Å². The summed E-state index contributed by atoms with van der Waals surface area (Å²) >= 11 is 0. The molecule has 1 aliphatic carbocycles. The summed E-state index contributed by atoms with van der Waals surface area (Å²) in [7, 11) is 1.68. The van der Waals surface area contributed by atoms with Crippen LogP contribution in [0.4, 0.5) is 0 Å². The minimum atomic E-state index is -0.273. The highest BCUT2D eigenvalue weighted by atomic mass is 16.5. The van der Waals surface area contributed by atoms with Gasteiger partial charge in [0.25, 0.3) is 0 Å². The molecule has 1 fully saturated rings. The van der Waals surface area contributed by atoms with Crippen molar-refractivity contribution in [2.45, 2.75) is 76.5 Å². The average molecular weight is 313 g/mol. The molecule has 0 heterocycles. The summed E-state index contributed by atoms with van der Waals surface area (Å²) in [5.41, 5.74) is 0.896. The molecule has 2 heteroatoms. The number of hydrogen-bond donors (Lipinski definition) is 0. The fourth-order valence-electron chi connectivity index (χ4n) is 3.87. The summed E-state index contributed by atoms with van der Waals surface area (Å²) in [6.45, 7) is 2.27. The first-order chi connectivity index (χ1) is 11.2. The van der Waals surface area contributed by atoms with Gasteiger partial charge in [0.1, 0.15) is 5.75 Å². The third-order valence-corrected chi connectivity index (χ3v) is 5.53. The standard InChI is InChI=1S/C21H31NO/c1-3-4-5-6-7-8-18-13-15-21(17-22,16-14-18)19-9-11-20(23-2)12-10-19/h9-12,18H,3-8,13-16H2,1-2H3/t18-,21+. The second-order valence-electron chi connectivity index (χ2n) is 7.07. The van der Waals surface area contributed by atoms with Crippen LogP contribution in [-0.2, 0) is 5.41 Å². The number of benzene rings is 1. The van der Waals surface area contributed by atoms with Crippen LogP contribution in [0.15, 0.2) is 24.3 Å². The Balaban J connectivity index is 1.85. The van der Waals surface area contributed by atoms with Crippen LogP contribution in [0.5, 0.6) is 5.75 Å². The Morgan fingerprint density at radius 3 is 2.30 bits per heavy atom. The van der Waals surface area contributed by atoms with Crippen LogP contribution in [0.2, 0.25) is 0 Å². The van der Waals surface area contributed by atoms with Crippen LogP contribution in [0.1, 0.15) is 76.7 Å². The van der Waals surface area contributed by atoms with Gasteiger partial charge < -0.3 is 4.74 Å². The van der Waals surface area contributed by atoms with Crippen molar-refractivity contribution in [1.82, 2.24) is 0 Å². The molecule has 0 saturated heterocycles. The van der Waals surface area contributed by atoms with E-state index < -0.39 is 0 Å². The van der Waals surface area contributed by atoms with Crippen molar-refractivity contribution in [3.05, 3.63) is 29.8 Å². The Morgan fingerprint density at radius 1 is 1.09 bits per heavy atom. The van der Waals surface area contributed by atoms with E-state index in [0.29, 0.717) is 0 Å². The highest BCUT2D eigenvalue weighted by Crippen LogP contribution is 2.42. The van der Waals surface area contributed by atoms with Gasteiger partial charge in [-0.3, -0.25) is 0 Å². The van der Waals surface area contributed by atoms with Gasteiger partial charge in [0.2, 0.25) is 0 Å². The summed E-state index contributed by atoms with van der Waals surface area (Å²) < 4.78 is 5.23. The second-order valence-corrected chi connectivity index (χ2v) is 7.07.